The first-order chi connectivity index (χ1) is 13.7. The van der Waals surface area contributed by atoms with E-state index in [-0.39, 0.29) is 21.9 Å². The molecule has 152 valence electrons. The van der Waals surface area contributed by atoms with Crippen LogP contribution in [0.25, 0.3) is 11.2 Å². The number of anilines is 1. The van der Waals surface area contributed by atoms with Crippen LogP contribution < -0.4 is 16.6 Å². The Morgan fingerprint density at radius 3 is 2.69 bits per heavy atom. The topological polar surface area (TPSA) is 117 Å². The number of nitrogens with zero attached hydrogens (tertiary/aromatic N) is 4. The maximum absolute atomic E-state index is 13.1. The molecule has 0 atom stereocenters. The molecule has 0 aliphatic rings. The summed E-state index contributed by atoms with van der Waals surface area (Å²) >= 11 is 5.62. The van der Waals surface area contributed by atoms with E-state index in [2.05, 4.69) is 10.3 Å². The lowest BCUT2D eigenvalue weighted by Gasteiger charge is -2.09. The van der Waals surface area contributed by atoms with Crippen LogP contribution in [0.1, 0.15) is 0 Å². The molecule has 0 saturated carbocycles. The van der Waals surface area contributed by atoms with Gasteiger partial charge in [-0.15, -0.1) is 0 Å². The molecular formula is C17H15ClFN5O5. The molecule has 0 radical (unpaired) electrons. The van der Waals surface area contributed by atoms with Gasteiger partial charge >= 0.3 is 11.7 Å². The molecule has 10 nitrogen and oxygen atoms in total. The van der Waals surface area contributed by atoms with Crippen molar-refractivity contribution in [2.24, 2.45) is 14.1 Å². The first-order valence-electron chi connectivity index (χ1n) is 8.20. The first-order valence-corrected chi connectivity index (χ1v) is 8.58. The monoisotopic (exact) mass is 423 g/mol. The van der Waals surface area contributed by atoms with Gasteiger partial charge in [-0.2, -0.15) is 0 Å². The van der Waals surface area contributed by atoms with Gasteiger partial charge in [0.05, 0.1) is 11.3 Å². The van der Waals surface area contributed by atoms with E-state index >= 15 is 0 Å². The summed E-state index contributed by atoms with van der Waals surface area (Å²) in [7, 11) is 3.00. The van der Waals surface area contributed by atoms with Crippen molar-refractivity contribution in [2.75, 3.05) is 11.9 Å². The van der Waals surface area contributed by atoms with Crippen LogP contribution in [0.15, 0.2) is 34.1 Å². The van der Waals surface area contributed by atoms with Crippen molar-refractivity contribution < 1.29 is 18.7 Å². The lowest BCUT2D eigenvalue weighted by atomic mass is 10.3. The normalized spacial score (nSPS) is 10.9. The summed E-state index contributed by atoms with van der Waals surface area (Å²) in [5.41, 5.74) is -0.909. The zero-order chi connectivity index (χ0) is 21.3. The summed E-state index contributed by atoms with van der Waals surface area (Å²) in [5.74, 6) is -2.31. The number of rotatable bonds is 5. The molecule has 12 heteroatoms. The van der Waals surface area contributed by atoms with Crippen LogP contribution in [0, 0.1) is 5.82 Å². The van der Waals surface area contributed by atoms with Gasteiger partial charge in [0.15, 0.2) is 17.8 Å². The zero-order valence-corrected chi connectivity index (χ0v) is 16.1. The van der Waals surface area contributed by atoms with Gasteiger partial charge in [0, 0.05) is 19.8 Å². The molecule has 29 heavy (non-hydrogen) atoms. The van der Waals surface area contributed by atoms with E-state index in [0.29, 0.717) is 4.57 Å². The first kappa shape index (κ1) is 20.3. The van der Waals surface area contributed by atoms with E-state index in [1.54, 1.807) is 7.05 Å². The predicted octanol–water partition coefficient (Wildman–Crippen LogP) is 0.408. The van der Waals surface area contributed by atoms with Gasteiger partial charge in [-0.25, -0.2) is 18.7 Å². The van der Waals surface area contributed by atoms with Crippen molar-refractivity contribution in [1.82, 2.24) is 18.7 Å². The Kier molecular flexibility index (Phi) is 5.50. The van der Waals surface area contributed by atoms with Crippen LogP contribution in [0.4, 0.5) is 10.1 Å². The van der Waals surface area contributed by atoms with Gasteiger partial charge in [0.2, 0.25) is 0 Å². The Balaban J connectivity index is 1.69. The van der Waals surface area contributed by atoms with Crippen molar-refractivity contribution in [3.8, 4) is 0 Å². The fourth-order valence-electron chi connectivity index (χ4n) is 2.63. The van der Waals surface area contributed by atoms with Gasteiger partial charge in [0.25, 0.3) is 11.5 Å². The zero-order valence-electron chi connectivity index (χ0n) is 15.3. The lowest BCUT2D eigenvalue weighted by molar-refractivity contribution is -0.148. The Morgan fingerprint density at radius 1 is 1.28 bits per heavy atom. The van der Waals surface area contributed by atoms with Gasteiger partial charge in [-0.05, 0) is 18.2 Å². The van der Waals surface area contributed by atoms with E-state index in [0.717, 1.165) is 10.6 Å². The van der Waals surface area contributed by atoms with Crippen molar-refractivity contribution >= 4 is 40.3 Å². The minimum Gasteiger partial charge on any atom is -0.454 e. The number of amides is 1. The number of carbonyl (C=O) groups excluding carboxylic acids is 2. The maximum Gasteiger partial charge on any atom is 0.333 e. The molecule has 0 spiro atoms. The number of imidazole rings is 1. The second-order valence-corrected chi connectivity index (χ2v) is 6.51. The Hall–Kier alpha value is -3.47. The number of hydrogen-bond acceptors (Lipinski definition) is 6. The summed E-state index contributed by atoms with van der Waals surface area (Å²) in [6.45, 7) is -1.35. The van der Waals surface area contributed by atoms with Gasteiger partial charge < -0.3 is 14.6 Å². The molecule has 0 bridgehead atoms. The smallest absolute Gasteiger partial charge is 0.333 e. The fourth-order valence-corrected chi connectivity index (χ4v) is 2.81. The van der Waals surface area contributed by atoms with Crippen LogP contribution in [0.2, 0.25) is 5.02 Å². The molecule has 3 rings (SSSR count). The van der Waals surface area contributed by atoms with E-state index in [9.17, 15) is 23.6 Å². The van der Waals surface area contributed by atoms with E-state index in [4.69, 9.17) is 16.3 Å². The quantitative estimate of drug-likeness (QED) is 0.594. The number of carbonyl (C=O) groups is 2. The van der Waals surface area contributed by atoms with Gasteiger partial charge in [-0.1, -0.05) is 11.6 Å². The van der Waals surface area contributed by atoms with Crippen LogP contribution in [0.5, 0.6) is 0 Å². The molecule has 1 N–H and O–H groups in total. The standard InChI is InChI=1S/C17H15ClFN5O5/c1-22-8-20-15-14(22)16(27)24(17(28)23(15)2)6-13(26)29-7-12(25)21-9-3-4-11(19)10(18)5-9/h3-5,8H,6-7H2,1-2H3,(H,21,25). The molecule has 0 unspecified atom stereocenters. The third-order valence-corrected chi connectivity index (χ3v) is 4.35. The second-order valence-electron chi connectivity index (χ2n) is 6.10. The highest BCUT2D eigenvalue weighted by Crippen LogP contribution is 2.19. The number of ether oxygens (including phenoxy) is 1. The predicted molar refractivity (Wildman–Crippen MR) is 101 cm³/mol. The number of aromatic nitrogens is 4. The van der Waals surface area contributed by atoms with Crippen molar-refractivity contribution in [3.63, 3.8) is 0 Å². The number of aryl methyl sites for hydroxylation is 2. The van der Waals surface area contributed by atoms with Crippen LogP contribution in [0.3, 0.4) is 0 Å². The molecule has 0 saturated heterocycles. The second kappa shape index (κ2) is 7.87. The average molecular weight is 424 g/mol. The fraction of sp³-hybridized carbons (Fsp3) is 0.235. The minimum atomic E-state index is -0.960. The number of halogens is 2. The van der Waals surface area contributed by atoms with E-state index in [1.807, 2.05) is 0 Å². The molecular weight excluding hydrogens is 409 g/mol. The van der Waals surface area contributed by atoms with Crippen molar-refractivity contribution in [3.05, 3.63) is 56.2 Å². The molecule has 3 aromatic rings. The van der Waals surface area contributed by atoms with Crippen molar-refractivity contribution in [1.29, 1.82) is 0 Å². The summed E-state index contributed by atoms with van der Waals surface area (Å²) in [4.78, 5) is 52.7. The van der Waals surface area contributed by atoms with Crippen LogP contribution >= 0.6 is 11.6 Å². The molecule has 2 aromatic heterocycles. The summed E-state index contributed by atoms with van der Waals surface area (Å²) in [6.07, 6.45) is 1.38. The van der Waals surface area contributed by atoms with Crippen LogP contribution in [-0.2, 0) is 35.0 Å². The molecule has 1 amide bonds. The number of benzene rings is 1. The third-order valence-electron chi connectivity index (χ3n) is 4.06. The highest BCUT2D eigenvalue weighted by atomic mass is 35.5. The van der Waals surface area contributed by atoms with Gasteiger partial charge in [-0.3, -0.25) is 19.0 Å². The molecule has 0 aliphatic carbocycles. The summed E-state index contributed by atoms with van der Waals surface area (Å²) in [5, 5.41) is 2.20. The van der Waals surface area contributed by atoms with E-state index < -0.39 is 42.1 Å². The Morgan fingerprint density at radius 2 is 2.00 bits per heavy atom. The number of fused-ring (bicyclic) bond motifs is 1. The van der Waals surface area contributed by atoms with Gasteiger partial charge in [0.1, 0.15) is 12.4 Å². The minimum absolute atomic E-state index is 0.144. The van der Waals surface area contributed by atoms with Crippen molar-refractivity contribution in [2.45, 2.75) is 6.54 Å². The summed E-state index contributed by atoms with van der Waals surface area (Å²) in [6, 6.07) is 3.55. The average Bonchev–Trinajstić information content (AvgIpc) is 3.06. The molecule has 0 fully saturated rings. The third kappa shape index (κ3) is 4.04. The Bertz CT molecular complexity index is 1250. The van der Waals surface area contributed by atoms with Crippen LogP contribution in [-0.4, -0.2) is 37.2 Å². The number of nitrogens with one attached hydrogen (secondary N) is 1. The van der Waals surface area contributed by atoms with E-state index in [1.165, 1.54) is 30.1 Å². The Labute approximate surface area is 167 Å². The maximum atomic E-state index is 13.1. The molecule has 2 heterocycles. The molecule has 0 aliphatic heterocycles. The molecule has 1 aromatic carbocycles. The lowest BCUT2D eigenvalue weighted by Crippen LogP contribution is -2.41. The highest BCUT2D eigenvalue weighted by molar-refractivity contribution is 6.31. The largest absolute Gasteiger partial charge is 0.454 e. The summed E-state index contributed by atoms with van der Waals surface area (Å²) < 4.78 is 21.2. The SMILES string of the molecule is Cn1cnc2c1c(=O)n(CC(=O)OCC(=O)Nc1ccc(F)c(Cl)c1)c(=O)n2C. The number of esters is 1. The number of hydrogen-bond donors (Lipinski definition) is 1. The highest BCUT2D eigenvalue weighted by Gasteiger charge is 2.18.